The van der Waals surface area contributed by atoms with Gasteiger partial charge in [-0.3, -0.25) is 0 Å². The van der Waals surface area contributed by atoms with Crippen LogP contribution in [0.3, 0.4) is 0 Å². The van der Waals surface area contributed by atoms with E-state index < -0.39 is 5.41 Å². The quantitative estimate of drug-likeness (QED) is 0.750. The van der Waals surface area contributed by atoms with Gasteiger partial charge in [-0.1, -0.05) is 4.85 Å². The molecule has 1 aromatic carbocycles. The molecule has 1 heterocycles. The number of phenols is 1. The average Bonchev–Trinajstić information content (AvgIpc) is 2.99. The van der Waals surface area contributed by atoms with E-state index in [1.54, 1.807) is 12.1 Å². The fourth-order valence-electron chi connectivity index (χ4n) is 2.52. The topological polar surface area (TPSA) is 85.4 Å². The molecular weight excluding hydrogens is 300 g/mol. The molecule has 7 nitrogen and oxygen atoms in total. The molecule has 124 valence electrons. The molecule has 2 rings (SSSR count). The number of methoxy groups -OCH3 is 2. The molecule has 0 spiro atoms. The Labute approximate surface area is 135 Å². The lowest BCUT2D eigenvalue weighted by Crippen LogP contribution is -2.38. The Kier molecular flexibility index (Phi) is 5.42. The van der Waals surface area contributed by atoms with Crippen molar-refractivity contribution in [1.29, 1.82) is 5.41 Å². The third-order valence-electron chi connectivity index (χ3n) is 3.96. The summed E-state index contributed by atoms with van der Waals surface area (Å²) in [6.45, 7) is 6.64. The molecule has 0 amide bonds. The lowest BCUT2D eigenvalue weighted by molar-refractivity contribution is 0.0575. The van der Waals surface area contributed by atoms with Crippen LogP contribution in [0.2, 0.25) is 0 Å². The van der Waals surface area contributed by atoms with Gasteiger partial charge in [0.1, 0.15) is 12.0 Å². The molecule has 23 heavy (non-hydrogen) atoms. The van der Waals surface area contributed by atoms with Crippen molar-refractivity contribution in [3.05, 3.63) is 22.5 Å². The minimum absolute atomic E-state index is 0.0547. The first kappa shape index (κ1) is 17.1. The number of nitrogens with one attached hydrogen (secondary N) is 1. The van der Waals surface area contributed by atoms with E-state index >= 15 is 0 Å². The van der Waals surface area contributed by atoms with Crippen LogP contribution in [0.15, 0.2) is 12.1 Å². The first-order valence-corrected chi connectivity index (χ1v) is 7.11. The standard InChI is InChI=1S/C16H20N2O5/c1-18-14-7-23-10-16(14,8-17)9-22-6-11-4-12(20-2)15(19)13(5-11)21-3/h1,4-5,8,14,17H,6-7,9-10H2,2-3H3/p+1. The summed E-state index contributed by atoms with van der Waals surface area (Å²) in [6, 6.07) is 3.05. The molecule has 1 fully saturated rings. The van der Waals surface area contributed by atoms with E-state index in [1.165, 1.54) is 20.4 Å². The second-order valence-corrected chi connectivity index (χ2v) is 5.40. The van der Waals surface area contributed by atoms with Crippen LogP contribution in [0.25, 0.3) is 4.85 Å². The SMILES string of the molecule is C#[N+]C1COCC1(C=N)COCc1cc(OC)c(O)c(OC)c1. The minimum Gasteiger partial charge on any atom is -0.502 e. The summed E-state index contributed by atoms with van der Waals surface area (Å²) < 4.78 is 21.3. The van der Waals surface area contributed by atoms with Crippen LogP contribution in [-0.4, -0.2) is 51.4 Å². The zero-order chi connectivity index (χ0) is 16.9. The molecule has 0 aromatic heterocycles. The molecule has 0 saturated carbocycles. The van der Waals surface area contributed by atoms with Gasteiger partial charge in [-0.25, -0.2) is 0 Å². The van der Waals surface area contributed by atoms with Crippen molar-refractivity contribution in [3.63, 3.8) is 0 Å². The number of rotatable bonds is 7. The summed E-state index contributed by atoms with van der Waals surface area (Å²) in [7, 11) is 2.93. The van der Waals surface area contributed by atoms with Crippen LogP contribution >= 0.6 is 0 Å². The summed E-state index contributed by atoms with van der Waals surface area (Å²) >= 11 is 0. The van der Waals surface area contributed by atoms with E-state index in [9.17, 15) is 5.11 Å². The van der Waals surface area contributed by atoms with Crippen LogP contribution in [-0.2, 0) is 16.1 Å². The van der Waals surface area contributed by atoms with Gasteiger partial charge in [-0.15, -0.1) is 0 Å². The number of benzene rings is 1. The van der Waals surface area contributed by atoms with Crippen LogP contribution in [0.5, 0.6) is 17.2 Å². The van der Waals surface area contributed by atoms with Gasteiger partial charge in [0.05, 0.1) is 34.0 Å². The number of hydrogen-bond acceptors (Lipinski definition) is 6. The van der Waals surface area contributed by atoms with Crippen LogP contribution in [0.4, 0.5) is 0 Å². The first-order valence-electron chi connectivity index (χ1n) is 7.11. The Morgan fingerprint density at radius 1 is 1.43 bits per heavy atom. The van der Waals surface area contributed by atoms with Gasteiger partial charge < -0.3 is 29.5 Å². The zero-order valence-corrected chi connectivity index (χ0v) is 13.2. The van der Waals surface area contributed by atoms with Gasteiger partial charge in [0.25, 0.3) is 6.57 Å². The minimum atomic E-state index is -0.639. The zero-order valence-electron chi connectivity index (χ0n) is 13.2. The summed E-state index contributed by atoms with van der Waals surface area (Å²) in [4.78, 5) is 3.77. The third kappa shape index (κ3) is 3.38. The lowest BCUT2D eigenvalue weighted by atomic mass is 9.85. The Bertz CT molecular complexity index is 588. The maximum absolute atomic E-state index is 9.89. The molecule has 2 N–H and O–H groups in total. The van der Waals surface area contributed by atoms with Gasteiger partial charge >= 0.3 is 6.04 Å². The maximum Gasteiger partial charge on any atom is 0.309 e. The predicted octanol–water partition coefficient (Wildman–Crippen LogP) is 1.92. The highest BCUT2D eigenvalue weighted by Crippen LogP contribution is 2.37. The molecular formula is C16H21N2O5+. The molecule has 0 bridgehead atoms. The second-order valence-electron chi connectivity index (χ2n) is 5.40. The Hall–Kier alpha value is -2.30. The Balaban J connectivity index is 2.06. The van der Waals surface area contributed by atoms with Crippen LogP contribution in [0.1, 0.15) is 5.56 Å². The van der Waals surface area contributed by atoms with Crippen LogP contribution in [0, 0.1) is 17.4 Å². The van der Waals surface area contributed by atoms with Crippen molar-refractivity contribution in [3.8, 4) is 23.8 Å². The molecule has 2 unspecified atom stereocenters. The summed E-state index contributed by atoms with van der Waals surface area (Å²) in [5.41, 5.74) is 0.136. The van der Waals surface area contributed by atoms with E-state index in [0.29, 0.717) is 24.7 Å². The van der Waals surface area contributed by atoms with Gasteiger partial charge in [0.15, 0.2) is 11.5 Å². The molecule has 1 aromatic rings. The fraction of sp³-hybridized carbons (Fsp3) is 0.500. The predicted molar refractivity (Wildman–Crippen MR) is 85.0 cm³/mol. The van der Waals surface area contributed by atoms with E-state index in [2.05, 4.69) is 4.85 Å². The number of hydrogen-bond donors (Lipinski definition) is 2. The molecule has 1 saturated heterocycles. The number of aromatic hydroxyl groups is 1. The fourth-order valence-corrected chi connectivity index (χ4v) is 2.52. The molecule has 0 aliphatic carbocycles. The van der Waals surface area contributed by atoms with Crippen molar-refractivity contribution in [2.45, 2.75) is 12.6 Å². The molecule has 2 atom stereocenters. The third-order valence-corrected chi connectivity index (χ3v) is 3.96. The number of ether oxygens (including phenoxy) is 4. The highest BCUT2D eigenvalue weighted by Gasteiger charge is 2.50. The maximum atomic E-state index is 9.89. The number of nitrogens with zero attached hydrogens (tertiary/aromatic N) is 1. The van der Waals surface area contributed by atoms with Gasteiger partial charge in [0.2, 0.25) is 5.75 Å². The van der Waals surface area contributed by atoms with Crippen molar-refractivity contribution in [2.75, 3.05) is 34.0 Å². The second kappa shape index (κ2) is 7.31. The van der Waals surface area contributed by atoms with Crippen molar-refractivity contribution in [2.24, 2.45) is 5.41 Å². The Morgan fingerprint density at radius 2 is 2.09 bits per heavy atom. The monoisotopic (exact) mass is 321 g/mol. The molecule has 7 heteroatoms. The van der Waals surface area contributed by atoms with Gasteiger partial charge in [-0.05, 0) is 17.7 Å². The van der Waals surface area contributed by atoms with Gasteiger partial charge in [0, 0.05) is 6.21 Å². The number of phenolic OH excluding ortho intramolecular Hbond substituents is 1. The summed E-state index contributed by atoms with van der Waals surface area (Å²) in [5, 5.41) is 17.5. The summed E-state index contributed by atoms with van der Waals surface area (Å²) in [6.07, 6.45) is 1.29. The first-order chi connectivity index (χ1) is 11.1. The van der Waals surface area contributed by atoms with Crippen LogP contribution < -0.4 is 9.47 Å². The smallest absolute Gasteiger partial charge is 0.309 e. The van der Waals surface area contributed by atoms with E-state index in [0.717, 1.165) is 5.56 Å². The summed E-state index contributed by atoms with van der Waals surface area (Å²) in [5.74, 6) is 0.563. The van der Waals surface area contributed by atoms with Crippen molar-refractivity contribution < 1.29 is 24.1 Å². The molecule has 1 aliphatic rings. The molecule has 1 aliphatic heterocycles. The van der Waals surface area contributed by atoms with Gasteiger partial charge in [-0.2, -0.15) is 0 Å². The van der Waals surface area contributed by atoms with E-state index in [1.807, 2.05) is 0 Å². The lowest BCUT2D eigenvalue weighted by Gasteiger charge is -2.20. The normalized spacial score (nSPS) is 23.3. The highest BCUT2D eigenvalue weighted by atomic mass is 16.5. The highest BCUT2D eigenvalue weighted by molar-refractivity contribution is 5.65. The Morgan fingerprint density at radius 3 is 2.61 bits per heavy atom. The van der Waals surface area contributed by atoms with E-state index in [4.69, 9.17) is 30.9 Å². The van der Waals surface area contributed by atoms with Crippen molar-refractivity contribution >= 4 is 6.21 Å². The van der Waals surface area contributed by atoms with E-state index in [-0.39, 0.29) is 25.0 Å². The average molecular weight is 321 g/mol. The van der Waals surface area contributed by atoms with Crippen molar-refractivity contribution in [1.82, 2.24) is 0 Å². The molecule has 0 radical (unpaired) electrons. The largest absolute Gasteiger partial charge is 0.502 e.